The van der Waals surface area contributed by atoms with Gasteiger partial charge in [-0.15, -0.1) is 0 Å². The Hall–Kier alpha value is -0.900. The van der Waals surface area contributed by atoms with E-state index in [4.69, 9.17) is 0 Å². The molecule has 0 saturated carbocycles. The average molecular weight is 227 g/mol. The van der Waals surface area contributed by atoms with Gasteiger partial charge in [-0.05, 0) is 27.6 Å². The second-order valence-electron chi connectivity index (χ2n) is 2.75. The minimum atomic E-state index is -0.0956. The second kappa shape index (κ2) is 2.86. The van der Waals surface area contributed by atoms with Crippen LogP contribution in [0.2, 0.25) is 0 Å². The number of nitrogens with one attached hydrogen (secondary N) is 1. The highest BCUT2D eigenvalue weighted by atomic mass is 79.9. The van der Waals surface area contributed by atoms with Crippen molar-refractivity contribution in [2.24, 2.45) is 0 Å². The van der Waals surface area contributed by atoms with Gasteiger partial charge in [-0.1, -0.05) is 0 Å². The molecule has 0 spiro atoms. The lowest BCUT2D eigenvalue weighted by Crippen LogP contribution is -2.16. The van der Waals surface area contributed by atoms with Crippen LogP contribution in [-0.2, 0) is 11.2 Å². The largest absolute Gasteiger partial charge is 0.360 e. The monoisotopic (exact) mass is 226 g/mol. The van der Waals surface area contributed by atoms with Gasteiger partial charge >= 0.3 is 0 Å². The molecule has 1 unspecified atom stereocenters. The summed E-state index contributed by atoms with van der Waals surface area (Å²) in [4.78, 5) is 14.6. The quantitative estimate of drug-likeness (QED) is 0.737. The fourth-order valence-corrected chi connectivity index (χ4v) is 1.69. The summed E-state index contributed by atoms with van der Waals surface area (Å²) in [5.74, 6) is 0.829. The van der Waals surface area contributed by atoms with Crippen LogP contribution >= 0.6 is 15.9 Å². The van der Waals surface area contributed by atoms with Crippen LogP contribution in [0.1, 0.15) is 5.56 Å². The first-order valence-corrected chi connectivity index (χ1v) is 4.45. The minimum Gasteiger partial charge on any atom is -0.360 e. The standard InChI is InChI=1S/C8H7BrN2O/c9-6-1-5-2-7(4-12)11-8(5)10-3-6/h1,3-4,7H,2H2,(H,10,11). The number of anilines is 1. The van der Waals surface area contributed by atoms with Gasteiger partial charge in [0.05, 0.1) is 6.04 Å². The predicted octanol–water partition coefficient (Wildman–Crippen LogP) is 1.38. The van der Waals surface area contributed by atoms with Crippen molar-refractivity contribution in [3.63, 3.8) is 0 Å². The normalized spacial score (nSPS) is 19.9. The molecule has 1 aromatic rings. The van der Waals surface area contributed by atoms with Crippen LogP contribution in [0.5, 0.6) is 0 Å². The highest BCUT2D eigenvalue weighted by molar-refractivity contribution is 9.10. The van der Waals surface area contributed by atoms with Crippen LogP contribution < -0.4 is 5.32 Å². The summed E-state index contributed by atoms with van der Waals surface area (Å²) >= 11 is 3.33. The maximum atomic E-state index is 10.5. The number of aromatic nitrogens is 1. The Balaban J connectivity index is 2.35. The SMILES string of the molecule is O=CC1Cc2cc(Br)cnc2N1. The summed E-state index contributed by atoms with van der Waals surface area (Å²) in [7, 11) is 0. The van der Waals surface area contributed by atoms with E-state index in [1.54, 1.807) is 6.20 Å². The molecule has 2 heterocycles. The number of rotatable bonds is 1. The van der Waals surface area contributed by atoms with Gasteiger partial charge < -0.3 is 10.1 Å². The number of hydrogen-bond donors (Lipinski definition) is 1. The van der Waals surface area contributed by atoms with Crippen LogP contribution in [0.25, 0.3) is 0 Å². The van der Waals surface area contributed by atoms with Gasteiger partial charge in [0.1, 0.15) is 12.1 Å². The molecule has 12 heavy (non-hydrogen) atoms. The zero-order chi connectivity index (χ0) is 8.55. The van der Waals surface area contributed by atoms with Crippen molar-refractivity contribution in [1.29, 1.82) is 0 Å². The van der Waals surface area contributed by atoms with Gasteiger partial charge in [-0.2, -0.15) is 0 Å². The van der Waals surface area contributed by atoms with E-state index in [1.165, 1.54) is 0 Å². The van der Waals surface area contributed by atoms with E-state index in [-0.39, 0.29) is 6.04 Å². The molecule has 1 atom stereocenters. The molecule has 0 bridgehead atoms. The molecule has 1 aliphatic heterocycles. The van der Waals surface area contributed by atoms with Crippen LogP contribution in [0.4, 0.5) is 5.82 Å². The smallest absolute Gasteiger partial charge is 0.142 e. The molecule has 0 fully saturated rings. The third-order valence-corrected chi connectivity index (χ3v) is 2.29. The van der Waals surface area contributed by atoms with E-state index in [0.717, 1.165) is 28.6 Å². The Bertz CT molecular complexity index is 327. The minimum absolute atomic E-state index is 0.0956. The summed E-state index contributed by atoms with van der Waals surface area (Å²) in [5, 5.41) is 3.01. The average Bonchev–Trinajstić information content (AvgIpc) is 2.46. The number of hydrogen-bond acceptors (Lipinski definition) is 3. The second-order valence-corrected chi connectivity index (χ2v) is 3.67. The van der Waals surface area contributed by atoms with Crippen molar-refractivity contribution in [2.75, 3.05) is 5.32 Å². The molecule has 0 radical (unpaired) electrons. The van der Waals surface area contributed by atoms with Crippen molar-refractivity contribution in [3.8, 4) is 0 Å². The number of carbonyl (C=O) groups is 1. The summed E-state index contributed by atoms with van der Waals surface area (Å²) in [6.45, 7) is 0. The predicted molar refractivity (Wildman–Crippen MR) is 49.1 cm³/mol. The Kier molecular flexibility index (Phi) is 1.84. The summed E-state index contributed by atoms with van der Waals surface area (Å²) in [6, 6.07) is 1.89. The first-order chi connectivity index (χ1) is 5.79. The summed E-state index contributed by atoms with van der Waals surface area (Å²) < 4.78 is 0.953. The maximum Gasteiger partial charge on any atom is 0.142 e. The number of fused-ring (bicyclic) bond motifs is 1. The van der Waals surface area contributed by atoms with Crippen LogP contribution in [0.3, 0.4) is 0 Å². The third-order valence-electron chi connectivity index (χ3n) is 1.86. The molecule has 0 amide bonds. The van der Waals surface area contributed by atoms with Crippen molar-refractivity contribution >= 4 is 28.0 Å². The molecule has 0 aromatic carbocycles. The van der Waals surface area contributed by atoms with Crippen molar-refractivity contribution in [1.82, 2.24) is 4.98 Å². The summed E-state index contributed by atoms with van der Waals surface area (Å²) in [6.07, 6.45) is 3.37. The van der Waals surface area contributed by atoms with Crippen molar-refractivity contribution in [2.45, 2.75) is 12.5 Å². The molecule has 1 aliphatic rings. The molecular formula is C8H7BrN2O. The molecule has 3 nitrogen and oxygen atoms in total. The number of nitrogens with zero attached hydrogens (tertiary/aromatic N) is 1. The van der Waals surface area contributed by atoms with E-state index in [0.29, 0.717) is 0 Å². The topological polar surface area (TPSA) is 42.0 Å². The Labute approximate surface area is 78.3 Å². The molecule has 4 heteroatoms. The fraction of sp³-hybridized carbons (Fsp3) is 0.250. The number of aldehydes is 1. The lowest BCUT2D eigenvalue weighted by atomic mass is 10.2. The molecular weight excluding hydrogens is 220 g/mol. The highest BCUT2D eigenvalue weighted by Gasteiger charge is 2.20. The van der Waals surface area contributed by atoms with Gasteiger partial charge in [0.25, 0.3) is 0 Å². The zero-order valence-corrected chi connectivity index (χ0v) is 7.84. The first kappa shape index (κ1) is 7.73. The van der Waals surface area contributed by atoms with Gasteiger partial charge in [0.15, 0.2) is 0 Å². The Morgan fingerprint density at radius 2 is 2.58 bits per heavy atom. The van der Waals surface area contributed by atoms with Gasteiger partial charge in [0.2, 0.25) is 0 Å². The van der Waals surface area contributed by atoms with Gasteiger partial charge in [-0.25, -0.2) is 4.98 Å². The highest BCUT2D eigenvalue weighted by Crippen LogP contribution is 2.25. The maximum absolute atomic E-state index is 10.5. The lowest BCUT2D eigenvalue weighted by molar-refractivity contribution is -0.108. The Morgan fingerprint density at radius 3 is 3.33 bits per heavy atom. The van der Waals surface area contributed by atoms with E-state index in [1.807, 2.05) is 6.07 Å². The number of carbonyl (C=O) groups excluding carboxylic acids is 1. The molecule has 2 rings (SSSR count). The first-order valence-electron chi connectivity index (χ1n) is 3.66. The van der Waals surface area contributed by atoms with Crippen LogP contribution in [0.15, 0.2) is 16.7 Å². The van der Waals surface area contributed by atoms with E-state index >= 15 is 0 Å². The molecule has 0 aliphatic carbocycles. The van der Waals surface area contributed by atoms with Crippen molar-refractivity contribution in [3.05, 3.63) is 22.3 Å². The molecule has 62 valence electrons. The van der Waals surface area contributed by atoms with Crippen LogP contribution in [-0.4, -0.2) is 17.3 Å². The van der Waals surface area contributed by atoms with Gasteiger partial charge in [-0.3, -0.25) is 0 Å². The van der Waals surface area contributed by atoms with E-state index < -0.39 is 0 Å². The van der Waals surface area contributed by atoms with Crippen LogP contribution in [0, 0.1) is 0 Å². The fourth-order valence-electron chi connectivity index (χ4n) is 1.31. The van der Waals surface area contributed by atoms with E-state index in [9.17, 15) is 4.79 Å². The van der Waals surface area contributed by atoms with E-state index in [2.05, 4.69) is 26.2 Å². The van der Waals surface area contributed by atoms with Gasteiger partial charge in [0, 0.05) is 17.1 Å². The lowest BCUT2D eigenvalue weighted by Gasteiger charge is -1.98. The number of pyridine rings is 1. The zero-order valence-electron chi connectivity index (χ0n) is 6.25. The Morgan fingerprint density at radius 1 is 1.75 bits per heavy atom. The molecule has 1 N–H and O–H groups in total. The molecule has 1 aromatic heterocycles. The summed E-state index contributed by atoms with van der Waals surface area (Å²) in [5.41, 5.74) is 1.10. The third kappa shape index (κ3) is 1.22. The van der Waals surface area contributed by atoms with Crippen molar-refractivity contribution < 1.29 is 4.79 Å². The molecule has 0 saturated heterocycles. The number of halogens is 1.